The van der Waals surface area contributed by atoms with Gasteiger partial charge in [0.2, 0.25) is 0 Å². The minimum absolute atomic E-state index is 0.573. The van der Waals surface area contributed by atoms with E-state index in [1.165, 1.54) is 7.05 Å². The molecule has 0 aliphatic heterocycles. The van der Waals surface area contributed by atoms with Crippen molar-refractivity contribution in [1.82, 2.24) is 9.78 Å². The molecule has 0 saturated heterocycles. The standard InChI is InChI=1S/C13H13N4O/c1-10-13(16(2)18)9-17(15-10)8-12-5-3-11(7-14)4-6-12/h3-6,9H,8H2,1-2H3/q+1. The summed E-state index contributed by atoms with van der Waals surface area (Å²) < 4.78 is 2.53. The van der Waals surface area contributed by atoms with Crippen molar-refractivity contribution in [1.29, 1.82) is 5.26 Å². The second-order valence-corrected chi connectivity index (χ2v) is 4.10. The number of benzene rings is 1. The van der Waals surface area contributed by atoms with Crippen LogP contribution in [0.15, 0.2) is 30.5 Å². The number of nitroso groups, excluding NO2 is 1. The van der Waals surface area contributed by atoms with Crippen LogP contribution in [0.1, 0.15) is 16.8 Å². The molecule has 1 aromatic carbocycles. The molecule has 0 bridgehead atoms. The topological polar surface area (TPSA) is 61.7 Å². The van der Waals surface area contributed by atoms with Gasteiger partial charge in [-0.2, -0.15) is 10.4 Å². The monoisotopic (exact) mass is 241 g/mol. The van der Waals surface area contributed by atoms with Gasteiger partial charge in [-0.25, -0.2) is 0 Å². The quantitative estimate of drug-likeness (QED) is 0.773. The first-order valence-electron chi connectivity index (χ1n) is 5.54. The molecule has 0 aliphatic carbocycles. The fraction of sp³-hybridized carbons (Fsp3) is 0.231. The summed E-state index contributed by atoms with van der Waals surface area (Å²) in [6, 6.07) is 9.39. The van der Waals surface area contributed by atoms with Crippen LogP contribution in [-0.2, 0) is 6.54 Å². The maximum Gasteiger partial charge on any atom is 0.296 e. The minimum Gasteiger partial charge on any atom is -0.261 e. The third kappa shape index (κ3) is 2.43. The van der Waals surface area contributed by atoms with E-state index >= 15 is 0 Å². The summed E-state index contributed by atoms with van der Waals surface area (Å²) in [4.78, 5) is 11.2. The SMILES string of the molecule is Cc1nn(Cc2ccc(C#N)cc2)cc1[N+](C)=O. The summed E-state index contributed by atoms with van der Waals surface area (Å²) in [6.45, 7) is 2.39. The summed E-state index contributed by atoms with van der Waals surface area (Å²) >= 11 is 0. The molecule has 2 rings (SSSR count). The van der Waals surface area contributed by atoms with Gasteiger partial charge in [-0.1, -0.05) is 12.1 Å². The molecule has 0 radical (unpaired) electrons. The highest BCUT2D eigenvalue weighted by molar-refractivity contribution is 5.33. The fourth-order valence-corrected chi connectivity index (χ4v) is 1.77. The van der Waals surface area contributed by atoms with Crippen molar-refractivity contribution in [2.24, 2.45) is 0 Å². The van der Waals surface area contributed by atoms with Crippen molar-refractivity contribution in [3.8, 4) is 6.07 Å². The summed E-state index contributed by atoms with van der Waals surface area (Å²) in [5.74, 6) is 0. The van der Waals surface area contributed by atoms with Crippen LogP contribution in [-0.4, -0.2) is 21.6 Å². The Hall–Kier alpha value is -2.48. The van der Waals surface area contributed by atoms with Crippen molar-refractivity contribution < 1.29 is 4.76 Å². The Morgan fingerprint density at radius 2 is 2.06 bits per heavy atom. The number of hydrogen-bond donors (Lipinski definition) is 0. The maximum atomic E-state index is 11.2. The predicted octanol–water partition coefficient (Wildman–Crippen LogP) is 2.15. The lowest BCUT2D eigenvalue weighted by atomic mass is 10.1. The van der Waals surface area contributed by atoms with Crippen LogP contribution in [0.4, 0.5) is 5.69 Å². The molecule has 0 spiro atoms. The first-order valence-corrected chi connectivity index (χ1v) is 5.54. The fourth-order valence-electron chi connectivity index (χ4n) is 1.77. The molecule has 90 valence electrons. The molecule has 2 aromatic rings. The van der Waals surface area contributed by atoms with Crippen LogP contribution >= 0.6 is 0 Å². The van der Waals surface area contributed by atoms with Crippen LogP contribution in [0, 0.1) is 23.2 Å². The summed E-state index contributed by atoms with van der Waals surface area (Å²) in [5.41, 5.74) is 2.96. The number of nitriles is 1. The Balaban J connectivity index is 2.21. The lowest BCUT2D eigenvalue weighted by molar-refractivity contribution is -0.428. The zero-order chi connectivity index (χ0) is 13.1. The first-order chi connectivity index (χ1) is 8.60. The second kappa shape index (κ2) is 4.80. The van der Waals surface area contributed by atoms with Gasteiger partial charge in [0.15, 0.2) is 7.05 Å². The van der Waals surface area contributed by atoms with Crippen LogP contribution in [0.5, 0.6) is 0 Å². The van der Waals surface area contributed by atoms with Crippen molar-refractivity contribution in [2.45, 2.75) is 13.5 Å². The van der Waals surface area contributed by atoms with E-state index in [1.54, 1.807) is 29.9 Å². The molecule has 5 nitrogen and oxygen atoms in total. The molecular formula is C13H13N4O+. The van der Waals surface area contributed by atoms with Gasteiger partial charge < -0.3 is 0 Å². The summed E-state index contributed by atoms with van der Waals surface area (Å²) in [7, 11) is 1.45. The van der Waals surface area contributed by atoms with Crippen molar-refractivity contribution in [2.75, 3.05) is 7.05 Å². The zero-order valence-corrected chi connectivity index (χ0v) is 10.3. The highest BCUT2D eigenvalue weighted by Crippen LogP contribution is 2.15. The van der Waals surface area contributed by atoms with Crippen molar-refractivity contribution in [3.05, 3.63) is 52.2 Å². The molecule has 18 heavy (non-hydrogen) atoms. The molecule has 0 atom stereocenters. The number of aryl methyl sites for hydroxylation is 1. The van der Waals surface area contributed by atoms with Gasteiger partial charge >= 0.3 is 0 Å². The normalized spacial score (nSPS) is 10.1. The Labute approximate surface area is 105 Å². The van der Waals surface area contributed by atoms with Gasteiger partial charge in [0.25, 0.3) is 5.69 Å². The minimum atomic E-state index is 0.573. The third-order valence-electron chi connectivity index (χ3n) is 2.69. The molecule has 0 amide bonds. The average molecular weight is 241 g/mol. The molecule has 1 aromatic heterocycles. The van der Waals surface area contributed by atoms with E-state index in [1.807, 2.05) is 12.1 Å². The van der Waals surface area contributed by atoms with E-state index in [4.69, 9.17) is 5.26 Å². The van der Waals surface area contributed by atoms with Crippen LogP contribution < -0.4 is 0 Å². The van der Waals surface area contributed by atoms with Crippen LogP contribution in [0.2, 0.25) is 0 Å². The average Bonchev–Trinajstić information content (AvgIpc) is 2.71. The number of hydrogen-bond acceptors (Lipinski definition) is 3. The smallest absolute Gasteiger partial charge is 0.261 e. The van der Waals surface area contributed by atoms with E-state index in [9.17, 15) is 4.91 Å². The molecule has 0 fully saturated rings. The van der Waals surface area contributed by atoms with Crippen LogP contribution in [0.3, 0.4) is 0 Å². The molecule has 5 heteroatoms. The first kappa shape index (κ1) is 12.0. The number of nitrogens with zero attached hydrogens (tertiary/aromatic N) is 4. The maximum absolute atomic E-state index is 11.2. The van der Waals surface area contributed by atoms with E-state index < -0.39 is 0 Å². The Bertz CT molecular complexity index is 619. The Morgan fingerprint density at radius 3 is 2.56 bits per heavy atom. The van der Waals surface area contributed by atoms with Gasteiger partial charge in [-0.3, -0.25) is 4.68 Å². The molecule has 0 N–H and O–H groups in total. The lowest BCUT2D eigenvalue weighted by Crippen LogP contribution is -2.00. The predicted molar refractivity (Wildman–Crippen MR) is 66.4 cm³/mol. The third-order valence-corrected chi connectivity index (χ3v) is 2.69. The van der Waals surface area contributed by atoms with E-state index in [0.717, 1.165) is 10.3 Å². The molecule has 0 aliphatic rings. The summed E-state index contributed by atoms with van der Waals surface area (Å²) in [5, 5.41) is 13.0. The van der Waals surface area contributed by atoms with E-state index in [-0.39, 0.29) is 0 Å². The Kier molecular flexibility index (Phi) is 3.20. The van der Waals surface area contributed by atoms with Crippen molar-refractivity contribution >= 4 is 5.69 Å². The van der Waals surface area contributed by atoms with Crippen molar-refractivity contribution in [3.63, 3.8) is 0 Å². The van der Waals surface area contributed by atoms with Crippen LogP contribution in [0.25, 0.3) is 0 Å². The van der Waals surface area contributed by atoms with E-state index in [2.05, 4.69) is 11.2 Å². The van der Waals surface area contributed by atoms with Gasteiger partial charge in [0.1, 0.15) is 11.9 Å². The second-order valence-electron chi connectivity index (χ2n) is 4.10. The Morgan fingerprint density at radius 1 is 1.39 bits per heavy atom. The number of rotatable bonds is 3. The van der Waals surface area contributed by atoms with Gasteiger partial charge in [0, 0.05) is 9.67 Å². The molecular weight excluding hydrogens is 228 g/mol. The number of aromatic nitrogens is 2. The summed E-state index contributed by atoms with van der Waals surface area (Å²) in [6.07, 6.45) is 1.72. The highest BCUT2D eigenvalue weighted by Gasteiger charge is 2.15. The molecule has 0 unspecified atom stereocenters. The molecule has 1 heterocycles. The lowest BCUT2D eigenvalue weighted by Gasteiger charge is -2.00. The highest BCUT2D eigenvalue weighted by atomic mass is 16.3. The molecule has 0 saturated carbocycles. The zero-order valence-electron chi connectivity index (χ0n) is 10.3. The largest absolute Gasteiger partial charge is 0.296 e. The van der Waals surface area contributed by atoms with Gasteiger partial charge in [0.05, 0.1) is 18.2 Å². The van der Waals surface area contributed by atoms with Gasteiger partial charge in [-0.15, -0.1) is 0 Å². The van der Waals surface area contributed by atoms with E-state index in [0.29, 0.717) is 23.5 Å². The van der Waals surface area contributed by atoms with Gasteiger partial charge in [-0.05, 0) is 24.6 Å².